The lowest BCUT2D eigenvalue weighted by molar-refractivity contribution is 0.370. The first kappa shape index (κ1) is 22.4. The van der Waals surface area contributed by atoms with Crippen LogP contribution in [0.3, 0.4) is 0 Å². The van der Waals surface area contributed by atoms with Crippen molar-refractivity contribution in [3.8, 4) is 0 Å². The Kier molecular flexibility index (Phi) is 8.43. The zero-order valence-corrected chi connectivity index (χ0v) is 17.2. The van der Waals surface area contributed by atoms with Crippen molar-refractivity contribution in [1.82, 2.24) is 14.9 Å². The number of rotatable bonds is 8. The van der Waals surface area contributed by atoms with Crippen LogP contribution < -0.4 is 14.9 Å². The predicted octanol–water partition coefficient (Wildman–Crippen LogP) is 1.38. The molecule has 1 fully saturated rings. The fraction of sp³-hybridized carbons (Fsp3) is 0.611. The van der Waals surface area contributed by atoms with Crippen molar-refractivity contribution in [1.29, 1.82) is 0 Å². The van der Waals surface area contributed by atoms with Crippen LogP contribution in [-0.2, 0) is 10.0 Å². The highest BCUT2D eigenvalue weighted by molar-refractivity contribution is 7.89. The Morgan fingerprint density at radius 1 is 1.18 bits per heavy atom. The number of piperazine rings is 1. The van der Waals surface area contributed by atoms with E-state index in [0.717, 1.165) is 18.1 Å². The number of hydrogen-bond acceptors (Lipinski definition) is 4. The topological polar surface area (TPSA) is 77.0 Å². The summed E-state index contributed by atoms with van der Waals surface area (Å²) >= 11 is 0. The van der Waals surface area contributed by atoms with Crippen LogP contribution in [0.1, 0.15) is 20.3 Å². The van der Waals surface area contributed by atoms with E-state index in [-0.39, 0.29) is 11.4 Å². The van der Waals surface area contributed by atoms with Gasteiger partial charge in [-0.15, -0.1) is 0 Å². The molecule has 0 spiro atoms. The number of hydrogen-bond donors (Lipinski definition) is 2. The third kappa shape index (κ3) is 6.59. The summed E-state index contributed by atoms with van der Waals surface area (Å²) in [5.74, 6) is -0.0626. The highest BCUT2D eigenvalue weighted by Gasteiger charge is 2.22. The van der Waals surface area contributed by atoms with E-state index in [2.05, 4.69) is 19.9 Å². The third-order valence-electron chi connectivity index (χ3n) is 4.46. The third-order valence-corrected chi connectivity index (χ3v) is 5.87. The summed E-state index contributed by atoms with van der Waals surface area (Å²) in [7, 11) is -3.18. The van der Waals surface area contributed by atoms with Crippen molar-refractivity contribution < 1.29 is 17.2 Å². The fourth-order valence-corrected chi connectivity index (χ4v) is 3.57. The van der Waals surface area contributed by atoms with Gasteiger partial charge in [-0.1, -0.05) is 0 Å². The van der Waals surface area contributed by atoms with Crippen molar-refractivity contribution >= 4 is 21.7 Å². The Labute approximate surface area is 165 Å². The van der Waals surface area contributed by atoms with Crippen LogP contribution in [0.5, 0.6) is 0 Å². The van der Waals surface area contributed by atoms with Gasteiger partial charge in [0, 0.05) is 51.9 Å². The van der Waals surface area contributed by atoms with Gasteiger partial charge < -0.3 is 15.1 Å². The van der Waals surface area contributed by atoms with E-state index < -0.39 is 21.7 Å². The molecular weight excluding hydrogens is 388 g/mol. The largest absolute Gasteiger partial charge is 0.366 e. The molecule has 0 aliphatic carbocycles. The Hall–Kier alpha value is -1.94. The van der Waals surface area contributed by atoms with Crippen LogP contribution in [0.15, 0.2) is 23.2 Å². The summed E-state index contributed by atoms with van der Waals surface area (Å²) in [6.45, 7) is 7.50. The number of nitrogens with zero attached hydrogens (tertiary/aromatic N) is 3. The number of aliphatic imine (C=N–C) groups is 1. The lowest BCUT2D eigenvalue weighted by atomic mass is 10.2. The van der Waals surface area contributed by atoms with Crippen molar-refractivity contribution in [3.05, 3.63) is 29.8 Å². The zero-order chi connectivity index (χ0) is 20.6. The van der Waals surface area contributed by atoms with Crippen molar-refractivity contribution in [3.63, 3.8) is 0 Å². The molecule has 2 N–H and O–H groups in total. The summed E-state index contributed by atoms with van der Waals surface area (Å²) in [5.41, 5.74) is 0.282. The maximum atomic E-state index is 14.0. The number of anilines is 1. The minimum atomic E-state index is -3.18. The molecule has 0 radical (unpaired) electrons. The first-order chi connectivity index (χ1) is 13.4. The van der Waals surface area contributed by atoms with Gasteiger partial charge in [-0.2, -0.15) is 0 Å². The van der Waals surface area contributed by atoms with Crippen molar-refractivity contribution in [2.45, 2.75) is 20.3 Å². The number of guanidine groups is 1. The Balaban J connectivity index is 1.88. The molecular formula is C18H29F2N5O2S. The molecule has 1 aromatic rings. The molecule has 158 valence electrons. The lowest BCUT2D eigenvalue weighted by Gasteiger charge is -2.37. The second-order valence-electron chi connectivity index (χ2n) is 6.46. The van der Waals surface area contributed by atoms with Gasteiger partial charge in [-0.05, 0) is 32.4 Å². The van der Waals surface area contributed by atoms with E-state index >= 15 is 0 Å². The lowest BCUT2D eigenvalue weighted by Crippen LogP contribution is -2.52. The van der Waals surface area contributed by atoms with Crippen LogP contribution in [-0.4, -0.2) is 70.8 Å². The number of halogens is 2. The second-order valence-corrected chi connectivity index (χ2v) is 8.55. The molecule has 0 unspecified atom stereocenters. The van der Waals surface area contributed by atoms with Gasteiger partial charge in [0.05, 0.1) is 11.4 Å². The van der Waals surface area contributed by atoms with Crippen LogP contribution in [0.4, 0.5) is 14.5 Å². The van der Waals surface area contributed by atoms with E-state index in [1.165, 1.54) is 6.07 Å². The van der Waals surface area contributed by atoms with Gasteiger partial charge in [0.1, 0.15) is 11.6 Å². The second kappa shape index (κ2) is 10.6. The molecule has 0 bridgehead atoms. The molecule has 1 heterocycles. The Bertz CT molecular complexity index is 765. The van der Waals surface area contributed by atoms with E-state index in [1.807, 2.05) is 11.8 Å². The summed E-state index contributed by atoms with van der Waals surface area (Å²) in [6.07, 6.45) is 0.600. The van der Waals surface area contributed by atoms with E-state index in [0.29, 0.717) is 52.2 Å². The molecule has 0 amide bonds. The maximum absolute atomic E-state index is 14.0. The van der Waals surface area contributed by atoms with Crippen molar-refractivity contribution in [2.75, 3.05) is 56.5 Å². The molecule has 2 rings (SSSR count). The van der Waals surface area contributed by atoms with E-state index in [1.54, 1.807) is 6.92 Å². The van der Waals surface area contributed by atoms with Crippen LogP contribution >= 0.6 is 0 Å². The standard InChI is InChI=1S/C18H29F2N5O2S/c1-3-21-18(22-8-5-9-23-28(26,27)4-2)25-12-10-24(11-13-25)17-14-15(19)6-7-16(17)20/h6-7,14,23H,3-5,8-13H2,1-2H3,(H,21,22). The van der Waals surface area contributed by atoms with Crippen LogP contribution in [0.2, 0.25) is 0 Å². The average Bonchev–Trinajstić information content (AvgIpc) is 2.69. The summed E-state index contributed by atoms with van der Waals surface area (Å²) in [4.78, 5) is 8.46. The summed E-state index contributed by atoms with van der Waals surface area (Å²) < 4.78 is 52.8. The first-order valence-corrected chi connectivity index (χ1v) is 11.2. The highest BCUT2D eigenvalue weighted by atomic mass is 32.2. The van der Waals surface area contributed by atoms with Gasteiger partial charge >= 0.3 is 0 Å². The molecule has 1 saturated heterocycles. The van der Waals surface area contributed by atoms with Crippen LogP contribution in [0, 0.1) is 11.6 Å². The van der Waals surface area contributed by atoms with Gasteiger partial charge in [0.15, 0.2) is 5.96 Å². The zero-order valence-electron chi connectivity index (χ0n) is 16.4. The highest BCUT2D eigenvalue weighted by Crippen LogP contribution is 2.21. The minimum Gasteiger partial charge on any atom is -0.366 e. The molecule has 1 aromatic carbocycles. The Morgan fingerprint density at radius 3 is 2.54 bits per heavy atom. The normalized spacial score (nSPS) is 15.8. The molecule has 0 aromatic heterocycles. The molecule has 0 atom stereocenters. The number of sulfonamides is 1. The van der Waals surface area contributed by atoms with E-state index in [4.69, 9.17) is 0 Å². The summed E-state index contributed by atoms with van der Waals surface area (Å²) in [5, 5.41) is 3.23. The number of benzene rings is 1. The quantitative estimate of drug-likeness (QED) is 0.380. The fourth-order valence-electron chi connectivity index (χ4n) is 2.91. The van der Waals surface area contributed by atoms with Gasteiger partial charge in [0.2, 0.25) is 10.0 Å². The minimum absolute atomic E-state index is 0.0646. The summed E-state index contributed by atoms with van der Waals surface area (Å²) in [6, 6.07) is 3.49. The van der Waals surface area contributed by atoms with Crippen LogP contribution in [0.25, 0.3) is 0 Å². The van der Waals surface area contributed by atoms with Gasteiger partial charge in [-0.3, -0.25) is 4.99 Å². The number of nitrogens with one attached hydrogen (secondary N) is 2. The molecule has 10 heteroatoms. The SMILES string of the molecule is CCNC(=NCCCNS(=O)(=O)CC)N1CCN(c2cc(F)ccc2F)CC1. The van der Waals surface area contributed by atoms with Gasteiger partial charge in [-0.25, -0.2) is 21.9 Å². The van der Waals surface area contributed by atoms with Crippen molar-refractivity contribution in [2.24, 2.45) is 4.99 Å². The smallest absolute Gasteiger partial charge is 0.211 e. The monoisotopic (exact) mass is 417 g/mol. The average molecular weight is 418 g/mol. The molecule has 7 nitrogen and oxygen atoms in total. The molecule has 1 aliphatic rings. The molecule has 28 heavy (non-hydrogen) atoms. The Morgan fingerprint density at radius 2 is 1.89 bits per heavy atom. The first-order valence-electron chi connectivity index (χ1n) is 9.57. The van der Waals surface area contributed by atoms with E-state index in [9.17, 15) is 17.2 Å². The molecule has 1 aliphatic heterocycles. The van der Waals surface area contributed by atoms with Gasteiger partial charge in [0.25, 0.3) is 0 Å². The predicted molar refractivity (Wildman–Crippen MR) is 108 cm³/mol. The maximum Gasteiger partial charge on any atom is 0.211 e. The molecule has 0 saturated carbocycles.